The van der Waals surface area contributed by atoms with Crippen molar-refractivity contribution in [2.75, 3.05) is 7.11 Å². The molecular formula is C28H32ClIO5. The van der Waals surface area contributed by atoms with E-state index in [0.717, 1.165) is 29.3 Å². The minimum absolute atomic E-state index is 0.118. The number of hydrogen-bond acceptors (Lipinski definition) is 5. The van der Waals surface area contributed by atoms with E-state index >= 15 is 0 Å². The summed E-state index contributed by atoms with van der Waals surface area (Å²) in [6, 6.07) is 7.21. The van der Waals surface area contributed by atoms with Crippen LogP contribution in [-0.2, 0) is 19.1 Å². The van der Waals surface area contributed by atoms with Crippen molar-refractivity contribution in [1.29, 1.82) is 0 Å². The zero-order valence-electron chi connectivity index (χ0n) is 20.5. The van der Waals surface area contributed by atoms with Crippen molar-refractivity contribution >= 4 is 51.9 Å². The number of ether oxygens (including phenoxy) is 2. The van der Waals surface area contributed by atoms with Gasteiger partial charge in [-0.25, -0.2) is 9.59 Å². The van der Waals surface area contributed by atoms with E-state index in [-0.39, 0.29) is 23.0 Å². The number of ketones is 1. The molecule has 6 atom stereocenters. The van der Waals surface area contributed by atoms with Gasteiger partial charge in [-0.1, -0.05) is 25.5 Å². The molecule has 0 aromatic heterocycles. The summed E-state index contributed by atoms with van der Waals surface area (Å²) in [6.45, 7) is 4.32. The summed E-state index contributed by atoms with van der Waals surface area (Å²) in [6.07, 6.45) is 7.40. The molecule has 5 rings (SSSR count). The molecular weight excluding hydrogens is 579 g/mol. The molecule has 3 fully saturated rings. The van der Waals surface area contributed by atoms with E-state index in [1.54, 1.807) is 12.1 Å². The van der Waals surface area contributed by atoms with E-state index in [0.29, 0.717) is 31.2 Å². The molecule has 4 aliphatic rings. The first-order valence-corrected chi connectivity index (χ1v) is 14.0. The Morgan fingerprint density at radius 1 is 1.06 bits per heavy atom. The summed E-state index contributed by atoms with van der Waals surface area (Å²) in [7, 11) is 1.37. The van der Waals surface area contributed by atoms with Gasteiger partial charge in [-0.3, -0.25) is 4.79 Å². The summed E-state index contributed by atoms with van der Waals surface area (Å²) in [5.41, 5.74) is -0.543. The lowest BCUT2D eigenvalue weighted by molar-refractivity contribution is -0.184. The van der Waals surface area contributed by atoms with Gasteiger partial charge in [0.25, 0.3) is 0 Å². The van der Waals surface area contributed by atoms with Gasteiger partial charge < -0.3 is 9.47 Å². The third-order valence-electron chi connectivity index (χ3n) is 10.0. The van der Waals surface area contributed by atoms with Gasteiger partial charge in [-0.15, -0.1) is 11.6 Å². The molecule has 0 unspecified atom stereocenters. The number of carbonyl (C=O) groups excluding carboxylic acids is 3. The first kappa shape index (κ1) is 25.2. The third-order valence-corrected chi connectivity index (χ3v) is 11.6. The molecule has 3 saturated carbocycles. The summed E-state index contributed by atoms with van der Waals surface area (Å²) in [4.78, 5) is 38.4. The number of carbonyl (C=O) groups is 3. The molecule has 4 aliphatic carbocycles. The molecule has 1 aromatic rings. The highest BCUT2D eigenvalue weighted by atomic mass is 127. The van der Waals surface area contributed by atoms with E-state index in [1.807, 2.05) is 18.2 Å². The van der Waals surface area contributed by atoms with Crippen molar-refractivity contribution in [2.24, 2.45) is 22.7 Å². The van der Waals surface area contributed by atoms with Gasteiger partial charge in [0.2, 0.25) is 5.60 Å². The zero-order valence-corrected chi connectivity index (χ0v) is 23.4. The monoisotopic (exact) mass is 610 g/mol. The Bertz CT molecular complexity index is 1130. The SMILES string of the molecule is COC(=O)[C@@]1(OC(=O)c2cccc(I)c2)CC[C@H]2[C@@H]3CCC4=CC(=O)CC[C@]4(C)[C@@]3(Cl)CC[C@@]21C. The smallest absolute Gasteiger partial charge is 0.350 e. The Kier molecular flexibility index (Phi) is 6.18. The molecule has 0 saturated heterocycles. The maximum absolute atomic E-state index is 13.4. The van der Waals surface area contributed by atoms with Crippen LogP contribution in [0, 0.1) is 26.2 Å². The Labute approximate surface area is 225 Å². The number of benzene rings is 1. The van der Waals surface area contributed by atoms with Crippen LogP contribution < -0.4 is 0 Å². The first-order valence-electron chi connectivity index (χ1n) is 12.5. The van der Waals surface area contributed by atoms with Crippen LogP contribution in [-0.4, -0.2) is 35.3 Å². The Morgan fingerprint density at radius 2 is 1.83 bits per heavy atom. The van der Waals surface area contributed by atoms with Gasteiger partial charge in [0, 0.05) is 20.8 Å². The second kappa shape index (κ2) is 8.57. The molecule has 7 heteroatoms. The quantitative estimate of drug-likeness (QED) is 0.230. The lowest BCUT2D eigenvalue weighted by atomic mass is 9.46. The average molecular weight is 611 g/mol. The lowest BCUT2D eigenvalue weighted by Crippen LogP contribution is -2.64. The molecule has 0 heterocycles. The van der Waals surface area contributed by atoms with E-state index in [9.17, 15) is 14.4 Å². The molecule has 0 radical (unpaired) electrons. The van der Waals surface area contributed by atoms with E-state index < -0.39 is 27.8 Å². The molecule has 1 aromatic carbocycles. The summed E-state index contributed by atoms with van der Waals surface area (Å²) in [5, 5.41) is 0. The average Bonchev–Trinajstić information content (AvgIpc) is 3.12. The fraction of sp³-hybridized carbons (Fsp3) is 0.607. The van der Waals surface area contributed by atoms with Crippen molar-refractivity contribution < 1.29 is 23.9 Å². The number of allylic oxidation sites excluding steroid dienone is 1. The number of halogens is 2. The largest absolute Gasteiger partial charge is 0.466 e. The zero-order chi connectivity index (χ0) is 25.2. The van der Waals surface area contributed by atoms with Crippen LogP contribution in [0.25, 0.3) is 0 Å². The van der Waals surface area contributed by atoms with Crippen molar-refractivity contribution in [3.63, 3.8) is 0 Å². The fourth-order valence-corrected chi connectivity index (χ4v) is 9.11. The first-order chi connectivity index (χ1) is 16.5. The number of fused-ring (bicyclic) bond motifs is 5. The third kappa shape index (κ3) is 3.48. The highest BCUT2D eigenvalue weighted by Crippen LogP contribution is 2.71. The predicted molar refractivity (Wildman–Crippen MR) is 141 cm³/mol. The number of methoxy groups -OCH3 is 1. The maximum atomic E-state index is 13.4. The summed E-state index contributed by atoms with van der Waals surface area (Å²) >= 11 is 9.78. The van der Waals surface area contributed by atoms with Crippen LogP contribution >= 0.6 is 34.2 Å². The Hall–Kier alpha value is -1.41. The number of esters is 2. The van der Waals surface area contributed by atoms with Gasteiger partial charge in [0.1, 0.15) is 0 Å². The van der Waals surface area contributed by atoms with Crippen molar-refractivity contribution in [1.82, 2.24) is 0 Å². The van der Waals surface area contributed by atoms with Crippen molar-refractivity contribution in [3.8, 4) is 0 Å². The summed E-state index contributed by atoms with van der Waals surface area (Å²) in [5.74, 6) is -0.488. The number of hydrogen-bond donors (Lipinski definition) is 0. The van der Waals surface area contributed by atoms with Gasteiger partial charge >= 0.3 is 11.9 Å². The highest BCUT2D eigenvalue weighted by Gasteiger charge is 2.73. The van der Waals surface area contributed by atoms with E-state index in [2.05, 4.69) is 36.4 Å². The van der Waals surface area contributed by atoms with Crippen LogP contribution in [0.15, 0.2) is 35.9 Å². The predicted octanol–water partition coefficient (Wildman–Crippen LogP) is 6.25. The van der Waals surface area contributed by atoms with E-state index in [4.69, 9.17) is 21.1 Å². The second-order valence-electron chi connectivity index (χ2n) is 11.3. The minimum Gasteiger partial charge on any atom is -0.466 e. The van der Waals surface area contributed by atoms with Gasteiger partial charge in [0.15, 0.2) is 5.78 Å². The normalized spacial score (nSPS) is 40.1. The second-order valence-corrected chi connectivity index (χ2v) is 13.2. The molecule has 5 nitrogen and oxygen atoms in total. The fourth-order valence-electron chi connectivity index (χ4n) is 7.99. The van der Waals surface area contributed by atoms with Crippen LogP contribution in [0.1, 0.15) is 75.6 Å². The maximum Gasteiger partial charge on any atom is 0.350 e. The molecule has 0 aliphatic heterocycles. The standard InChI is InChI=1S/C28H32ClIO5/c1-25-11-9-20(31)16-18(25)7-8-22-21-10-12-28(24(33)34-3,26(21,2)13-14-27(22,25)29)35-23(32)17-5-4-6-19(30)15-17/h4-6,15-16,21-22H,7-14H2,1-3H3/t21-,22-,25-,26-,27+,28-/m0/s1. The number of rotatable bonds is 3. The van der Waals surface area contributed by atoms with Gasteiger partial charge in [-0.2, -0.15) is 0 Å². The highest BCUT2D eigenvalue weighted by molar-refractivity contribution is 14.1. The molecule has 0 N–H and O–H groups in total. The molecule has 35 heavy (non-hydrogen) atoms. The van der Waals surface area contributed by atoms with Gasteiger partial charge in [0.05, 0.1) is 17.5 Å². The molecule has 188 valence electrons. The number of alkyl halides is 1. The molecule has 0 spiro atoms. The van der Waals surface area contributed by atoms with Crippen LogP contribution in [0.5, 0.6) is 0 Å². The molecule has 0 amide bonds. The lowest BCUT2D eigenvalue weighted by Gasteiger charge is -2.63. The topological polar surface area (TPSA) is 69.7 Å². The van der Waals surface area contributed by atoms with Crippen LogP contribution in [0.3, 0.4) is 0 Å². The summed E-state index contributed by atoms with van der Waals surface area (Å²) < 4.78 is 12.4. The van der Waals surface area contributed by atoms with E-state index in [1.165, 1.54) is 12.7 Å². The van der Waals surface area contributed by atoms with Crippen molar-refractivity contribution in [3.05, 3.63) is 45.0 Å². The van der Waals surface area contributed by atoms with Crippen LogP contribution in [0.4, 0.5) is 0 Å². The van der Waals surface area contributed by atoms with Crippen molar-refractivity contribution in [2.45, 2.75) is 75.7 Å². The van der Waals surface area contributed by atoms with Crippen LogP contribution in [0.2, 0.25) is 0 Å². The Balaban J connectivity index is 1.52. The molecule has 0 bridgehead atoms. The Morgan fingerprint density at radius 3 is 2.54 bits per heavy atom. The van der Waals surface area contributed by atoms with Gasteiger partial charge in [-0.05, 0) is 104 Å². The minimum atomic E-state index is -1.34.